The second kappa shape index (κ2) is 14.2. The fraction of sp³-hybridized carbons (Fsp3) is 0.152. The van der Waals surface area contributed by atoms with Crippen molar-refractivity contribution >= 4 is 29.3 Å². The van der Waals surface area contributed by atoms with Gasteiger partial charge in [-0.2, -0.15) is 0 Å². The summed E-state index contributed by atoms with van der Waals surface area (Å²) in [7, 11) is 1.58. The highest BCUT2D eigenvalue weighted by atomic mass is 32.2. The number of para-hydroxylation sites is 2. The number of carbonyl (C=O) groups excluding carboxylic acids is 2. The summed E-state index contributed by atoms with van der Waals surface area (Å²) in [6, 6.07) is 32.1. The van der Waals surface area contributed by atoms with Crippen LogP contribution in [0.15, 0.2) is 108 Å². The lowest BCUT2D eigenvalue weighted by Gasteiger charge is -2.14. The largest absolute Gasteiger partial charge is 0.495 e. The number of anilines is 1. The van der Waals surface area contributed by atoms with Gasteiger partial charge in [0, 0.05) is 11.3 Å². The van der Waals surface area contributed by atoms with Gasteiger partial charge in [-0.05, 0) is 66.6 Å². The maximum Gasteiger partial charge on any atom is 0.251 e. The number of hydrogen-bond acceptors (Lipinski definition) is 7. The van der Waals surface area contributed by atoms with Gasteiger partial charge in [-0.3, -0.25) is 14.2 Å². The number of rotatable bonds is 12. The molecule has 0 unspecified atom stereocenters. The molecule has 4 aromatic carbocycles. The van der Waals surface area contributed by atoms with E-state index in [1.165, 1.54) is 11.8 Å². The van der Waals surface area contributed by atoms with Crippen molar-refractivity contribution in [2.45, 2.75) is 18.6 Å². The first-order chi connectivity index (χ1) is 21.1. The molecule has 10 heteroatoms. The third-order valence-corrected chi connectivity index (χ3v) is 7.40. The molecule has 0 aliphatic heterocycles. The Balaban J connectivity index is 1.29. The third kappa shape index (κ3) is 7.41. The number of methoxy groups -OCH3 is 1. The van der Waals surface area contributed by atoms with Crippen LogP contribution in [0.25, 0.3) is 16.8 Å². The van der Waals surface area contributed by atoms with E-state index in [-0.39, 0.29) is 24.1 Å². The summed E-state index contributed by atoms with van der Waals surface area (Å²) in [6.07, 6.45) is 0. The summed E-state index contributed by atoms with van der Waals surface area (Å²) in [5, 5.41) is 15.0. The Hall–Kier alpha value is -5.09. The average Bonchev–Trinajstić information content (AvgIpc) is 3.46. The molecule has 0 fully saturated rings. The van der Waals surface area contributed by atoms with E-state index >= 15 is 0 Å². The molecule has 0 spiro atoms. The topological polar surface area (TPSA) is 107 Å². The van der Waals surface area contributed by atoms with Gasteiger partial charge in [0.25, 0.3) is 5.91 Å². The van der Waals surface area contributed by atoms with Crippen LogP contribution < -0.4 is 20.1 Å². The van der Waals surface area contributed by atoms with Gasteiger partial charge in [0.1, 0.15) is 11.5 Å². The van der Waals surface area contributed by atoms with Gasteiger partial charge in [0.15, 0.2) is 11.0 Å². The summed E-state index contributed by atoms with van der Waals surface area (Å²) in [5.41, 5.74) is 4.00. The second-order valence-corrected chi connectivity index (χ2v) is 10.3. The lowest BCUT2D eigenvalue weighted by molar-refractivity contribution is -0.113. The maximum atomic E-state index is 13.0. The molecule has 0 atom stereocenters. The Morgan fingerprint density at radius 3 is 2.26 bits per heavy atom. The number of carbonyl (C=O) groups is 2. The van der Waals surface area contributed by atoms with E-state index in [9.17, 15) is 9.59 Å². The molecule has 0 bridgehead atoms. The molecular weight excluding hydrogens is 562 g/mol. The number of aromatic nitrogens is 3. The van der Waals surface area contributed by atoms with Crippen LogP contribution in [0.1, 0.15) is 23.1 Å². The lowest BCUT2D eigenvalue weighted by Crippen LogP contribution is -2.24. The normalized spacial score (nSPS) is 10.7. The number of benzene rings is 4. The summed E-state index contributed by atoms with van der Waals surface area (Å²) >= 11 is 1.24. The summed E-state index contributed by atoms with van der Waals surface area (Å²) < 4.78 is 12.8. The zero-order valence-corrected chi connectivity index (χ0v) is 24.6. The molecular formula is C33H31N5O4S. The Morgan fingerprint density at radius 2 is 1.53 bits per heavy atom. The Bertz CT molecular complexity index is 1670. The smallest absolute Gasteiger partial charge is 0.251 e. The van der Waals surface area contributed by atoms with Gasteiger partial charge in [-0.15, -0.1) is 10.2 Å². The summed E-state index contributed by atoms with van der Waals surface area (Å²) in [6.45, 7) is 2.60. The van der Waals surface area contributed by atoms with Crippen molar-refractivity contribution in [1.82, 2.24) is 20.1 Å². The number of hydrogen-bond donors (Lipinski definition) is 2. The van der Waals surface area contributed by atoms with Crippen LogP contribution in [0.2, 0.25) is 0 Å². The molecule has 218 valence electrons. The van der Waals surface area contributed by atoms with Crippen LogP contribution in [0.5, 0.6) is 11.5 Å². The van der Waals surface area contributed by atoms with E-state index in [1.54, 1.807) is 35.9 Å². The van der Waals surface area contributed by atoms with Crippen LogP contribution in [-0.2, 0) is 11.3 Å². The molecule has 43 heavy (non-hydrogen) atoms. The van der Waals surface area contributed by atoms with Crippen molar-refractivity contribution in [3.8, 4) is 28.3 Å². The highest BCUT2D eigenvalue weighted by molar-refractivity contribution is 7.99. The number of nitrogens with one attached hydrogen (secondary N) is 2. The van der Waals surface area contributed by atoms with E-state index in [1.807, 2.05) is 85.8 Å². The third-order valence-electron chi connectivity index (χ3n) is 6.47. The van der Waals surface area contributed by atoms with Crippen LogP contribution in [0, 0.1) is 0 Å². The van der Waals surface area contributed by atoms with Gasteiger partial charge in [-0.25, -0.2) is 0 Å². The van der Waals surface area contributed by atoms with Crippen LogP contribution >= 0.6 is 11.8 Å². The molecule has 0 aliphatic rings. The minimum Gasteiger partial charge on any atom is -0.495 e. The van der Waals surface area contributed by atoms with E-state index in [2.05, 4.69) is 20.8 Å². The summed E-state index contributed by atoms with van der Waals surface area (Å²) in [5.74, 6) is 1.50. The lowest BCUT2D eigenvalue weighted by atomic mass is 10.0. The molecule has 0 saturated heterocycles. The van der Waals surface area contributed by atoms with Crippen molar-refractivity contribution < 1.29 is 19.1 Å². The van der Waals surface area contributed by atoms with Gasteiger partial charge in [0.05, 0.1) is 31.7 Å². The fourth-order valence-corrected chi connectivity index (χ4v) is 5.16. The first-order valence-corrected chi connectivity index (χ1v) is 14.7. The Morgan fingerprint density at radius 1 is 0.837 bits per heavy atom. The van der Waals surface area contributed by atoms with E-state index in [0.717, 1.165) is 16.9 Å². The second-order valence-electron chi connectivity index (χ2n) is 9.33. The van der Waals surface area contributed by atoms with Crippen molar-refractivity contribution in [2.75, 3.05) is 24.8 Å². The van der Waals surface area contributed by atoms with E-state index in [4.69, 9.17) is 9.47 Å². The van der Waals surface area contributed by atoms with Gasteiger partial charge in [-0.1, -0.05) is 66.4 Å². The highest BCUT2D eigenvalue weighted by Gasteiger charge is 2.19. The van der Waals surface area contributed by atoms with Crippen molar-refractivity contribution in [3.05, 3.63) is 115 Å². The van der Waals surface area contributed by atoms with Crippen LogP contribution in [0.4, 0.5) is 5.69 Å². The molecule has 1 aromatic heterocycles. The monoisotopic (exact) mass is 593 g/mol. The number of amides is 2. The molecule has 0 aliphatic carbocycles. The SMILES string of the molecule is CCOc1ccc(NC(=O)CSc2nnc(CNC(=O)c3ccc(-c4ccccc4)cc3)n2-c2ccccc2OC)cc1. The molecule has 0 saturated carbocycles. The minimum absolute atomic E-state index is 0.0978. The Kier molecular flexibility index (Phi) is 9.71. The van der Waals surface area contributed by atoms with Crippen LogP contribution in [-0.4, -0.2) is 46.0 Å². The summed E-state index contributed by atoms with van der Waals surface area (Å²) in [4.78, 5) is 25.8. The van der Waals surface area contributed by atoms with Crippen molar-refractivity contribution in [1.29, 1.82) is 0 Å². The average molecular weight is 594 g/mol. The zero-order chi connectivity index (χ0) is 30.0. The first kappa shape index (κ1) is 29.4. The molecule has 1 heterocycles. The maximum absolute atomic E-state index is 13.0. The van der Waals surface area contributed by atoms with E-state index < -0.39 is 0 Å². The molecule has 0 radical (unpaired) electrons. The molecule has 2 amide bonds. The van der Waals surface area contributed by atoms with E-state index in [0.29, 0.717) is 40.3 Å². The quantitative estimate of drug-likeness (QED) is 0.171. The molecule has 9 nitrogen and oxygen atoms in total. The van der Waals surface area contributed by atoms with Crippen molar-refractivity contribution in [3.63, 3.8) is 0 Å². The van der Waals surface area contributed by atoms with Gasteiger partial charge >= 0.3 is 0 Å². The highest BCUT2D eigenvalue weighted by Crippen LogP contribution is 2.29. The predicted molar refractivity (Wildman–Crippen MR) is 168 cm³/mol. The zero-order valence-electron chi connectivity index (χ0n) is 23.8. The number of thioether (sulfide) groups is 1. The first-order valence-electron chi connectivity index (χ1n) is 13.7. The van der Waals surface area contributed by atoms with Gasteiger partial charge < -0.3 is 20.1 Å². The number of nitrogens with zero attached hydrogens (tertiary/aromatic N) is 3. The fourth-order valence-electron chi connectivity index (χ4n) is 4.40. The number of ether oxygens (including phenoxy) is 2. The van der Waals surface area contributed by atoms with Gasteiger partial charge in [0.2, 0.25) is 5.91 Å². The predicted octanol–water partition coefficient (Wildman–Crippen LogP) is 6.00. The standard InChI is InChI=1S/C33H31N5O4S/c1-3-42-27-19-17-26(18-20-27)35-31(39)22-43-33-37-36-30(38(33)28-11-7-8-12-29(28)41-2)21-34-32(40)25-15-13-24(14-16-25)23-9-5-4-6-10-23/h4-20H,3,21-22H2,1-2H3,(H,34,40)(H,35,39). The van der Waals surface area contributed by atoms with Crippen molar-refractivity contribution in [2.24, 2.45) is 0 Å². The van der Waals surface area contributed by atoms with Crippen LogP contribution in [0.3, 0.4) is 0 Å². The Labute approximate surface area is 254 Å². The molecule has 5 rings (SSSR count). The molecule has 2 N–H and O–H groups in total. The minimum atomic E-state index is -0.238. The molecule has 5 aromatic rings.